The molecule has 0 atom stereocenters. The fourth-order valence-corrected chi connectivity index (χ4v) is 2.97. The van der Waals surface area contributed by atoms with Crippen LogP contribution in [-0.2, 0) is 4.79 Å². The van der Waals surface area contributed by atoms with Crippen molar-refractivity contribution in [3.8, 4) is 0 Å². The van der Waals surface area contributed by atoms with Crippen molar-refractivity contribution in [2.45, 2.75) is 5.16 Å². The van der Waals surface area contributed by atoms with E-state index in [0.717, 1.165) is 0 Å². The molecule has 0 saturated carbocycles. The van der Waals surface area contributed by atoms with Crippen LogP contribution in [0.3, 0.4) is 0 Å². The quantitative estimate of drug-likeness (QED) is 0.690. The summed E-state index contributed by atoms with van der Waals surface area (Å²) in [6.45, 7) is 0. The summed E-state index contributed by atoms with van der Waals surface area (Å²) in [5, 5.41) is 12.1. The first-order valence-electron chi connectivity index (χ1n) is 6.51. The number of nitrogens with one attached hydrogen (secondary N) is 1. The molecule has 1 amide bonds. The zero-order valence-corrected chi connectivity index (χ0v) is 14.0. The summed E-state index contributed by atoms with van der Waals surface area (Å²) in [7, 11) is 0. The fraction of sp³-hybridized carbons (Fsp3) is 0.0714. The highest BCUT2D eigenvalue weighted by molar-refractivity contribution is 7.99. The van der Waals surface area contributed by atoms with Crippen molar-refractivity contribution in [3.05, 3.63) is 46.6 Å². The molecule has 0 fully saturated rings. The van der Waals surface area contributed by atoms with E-state index in [0.29, 0.717) is 32.2 Å². The molecule has 2 heterocycles. The molecular weight excluding hydrogens is 357 g/mol. The highest BCUT2D eigenvalue weighted by atomic mass is 35.5. The molecule has 0 aliphatic heterocycles. The number of carbonyl (C=O) groups is 1. The Balaban J connectivity index is 1.69. The van der Waals surface area contributed by atoms with Crippen LogP contribution in [-0.4, -0.2) is 26.3 Å². The molecule has 3 aromatic rings. The van der Waals surface area contributed by atoms with Crippen LogP contribution in [0.1, 0.15) is 0 Å². The van der Waals surface area contributed by atoms with Crippen LogP contribution < -0.4 is 11.1 Å². The summed E-state index contributed by atoms with van der Waals surface area (Å²) in [5.74, 6) is -0.0712. The summed E-state index contributed by atoms with van der Waals surface area (Å²) in [6, 6.07) is 8.56. The third kappa shape index (κ3) is 3.52. The van der Waals surface area contributed by atoms with Crippen LogP contribution in [0.25, 0.3) is 5.65 Å². The minimum atomic E-state index is -0.222. The molecule has 0 spiro atoms. The Labute approximate surface area is 146 Å². The van der Waals surface area contributed by atoms with Gasteiger partial charge < -0.3 is 11.1 Å². The average Bonchev–Trinajstić information content (AvgIpc) is 2.92. The number of hydrogen-bond donors (Lipinski definition) is 2. The first-order chi connectivity index (χ1) is 11.0. The third-order valence-corrected chi connectivity index (χ3v) is 4.71. The van der Waals surface area contributed by atoms with Gasteiger partial charge >= 0.3 is 0 Å². The molecule has 0 bridgehead atoms. The lowest BCUT2D eigenvalue weighted by Gasteiger charge is -2.07. The molecule has 0 unspecified atom stereocenters. The molecule has 3 N–H and O–H groups in total. The number of halogens is 2. The smallest absolute Gasteiger partial charge is 0.234 e. The fourth-order valence-electron chi connectivity index (χ4n) is 1.90. The number of benzene rings is 1. The molecule has 0 aliphatic rings. The van der Waals surface area contributed by atoms with Crippen molar-refractivity contribution in [2.24, 2.45) is 0 Å². The van der Waals surface area contributed by atoms with Gasteiger partial charge in [-0.1, -0.05) is 41.0 Å². The maximum Gasteiger partial charge on any atom is 0.234 e. The number of nitrogen functional groups attached to an aromatic ring is 1. The maximum atomic E-state index is 12.1. The lowest BCUT2D eigenvalue weighted by molar-refractivity contribution is -0.113. The minimum Gasteiger partial charge on any atom is -0.398 e. The SMILES string of the molecule is Nc1ccc2nnc(SCC(=O)Nc3cccc(Cl)c3Cl)n2c1. The number of hydrogen-bond acceptors (Lipinski definition) is 5. The Hall–Kier alpha value is -1.96. The van der Waals surface area contributed by atoms with Gasteiger partial charge in [-0.05, 0) is 24.3 Å². The number of pyridine rings is 1. The molecule has 3 rings (SSSR count). The van der Waals surface area contributed by atoms with Gasteiger partial charge in [0.25, 0.3) is 0 Å². The molecule has 0 radical (unpaired) electrons. The zero-order valence-electron chi connectivity index (χ0n) is 11.7. The lowest BCUT2D eigenvalue weighted by atomic mass is 10.3. The van der Waals surface area contributed by atoms with Crippen molar-refractivity contribution in [3.63, 3.8) is 0 Å². The number of aromatic nitrogens is 3. The Kier molecular flexibility index (Phi) is 4.61. The third-order valence-electron chi connectivity index (χ3n) is 2.95. The van der Waals surface area contributed by atoms with Crippen LogP contribution in [0.4, 0.5) is 11.4 Å². The number of amides is 1. The molecular formula is C14H11Cl2N5OS. The number of carbonyl (C=O) groups excluding carboxylic acids is 1. The monoisotopic (exact) mass is 367 g/mol. The molecule has 9 heteroatoms. The predicted molar refractivity (Wildman–Crippen MR) is 93.2 cm³/mol. The van der Waals surface area contributed by atoms with Crippen molar-refractivity contribution in [1.82, 2.24) is 14.6 Å². The number of anilines is 2. The Morgan fingerprint density at radius 3 is 2.91 bits per heavy atom. The second-order valence-corrected chi connectivity index (χ2v) is 6.34. The average molecular weight is 368 g/mol. The van der Waals surface area contributed by atoms with E-state index in [1.165, 1.54) is 11.8 Å². The first kappa shape index (κ1) is 15.9. The Morgan fingerprint density at radius 2 is 2.09 bits per heavy atom. The Morgan fingerprint density at radius 1 is 1.26 bits per heavy atom. The van der Waals surface area contributed by atoms with Crippen molar-refractivity contribution in [2.75, 3.05) is 16.8 Å². The maximum absolute atomic E-state index is 12.1. The lowest BCUT2D eigenvalue weighted by Crippen LogP contribution is -2.14. The van der Waals surface area contributed by atoms with E-state index in [1.807, 2.05) is 0 Å². The Bertz CT molecular complexity index is 883. The van der Waals surface area contributed by atoms with Crippen molar-refractivity contribution in [1.29, 1.82) is 0 Å². The highest BCUT2D eigenvalue weighted by Gasteiger charge is 2.11. The molecule has 2 aromatic heterocycles. The van der Waals surface area contributed by atoms with Gasteiger partial charge in [-0.25, -0.2) is 0 Å². The highest BCUT2D eigenvalue weighted by Crippen LogP contribution is 2.29. The molecule has 0 saturated heterocycles. The largest absolute Gasteiger partial charge is 0.398 e. The zero-order chi connectivity index (χ0) is 16.4. The van der Waals surface area contributed by atoms with Gasteiger partial charge in [0.15, 0.2) is 10.8 Å². The van der Waals surface area contributed by atoms with E-state index in [2.05, 4.69) is 15.5 Å². The van der Waals surface area contributed by atoms with Gasteiger partial charge in [-0.2, -0.15) is 0 Å². The van der Waals surface area contributed by atoms with Crippen LogP contribution in [0.15, 0.2) is 41.7 Å². The minimum absolute atomic E-state index is 0.151. The van der Waals surface area contributed by atoms with Crippen LogP contribution in [0.5, 0.6) is 0 Å². The van der Waals surface area contributed by atoms with Crippen molar-refractivity contribution < 1.29 is 4.79 Å². The molecule has 23 heavy (non-hydrogen) atoms. The second kappa shape index (κ2) is 6.66. The van der Waals surface area contributed by atoms with Gasteiger partial charge in [-0.15, -0.1) is 10.2 Å². The second-order valence-electron chi connectivity index (χ2n) is 4.61. The van der Waals surface area contributed by atoms with Gasteiger partial charge in [0, 0.05) is 11.9 Å². The topological polar surface area (TPSA) is 85.3 Å². The van der Waals surface area contributed by atoms with Gasteiger partial charge in [0.05, 0.1) is 21.5 Å². The summed E-state index contributed by atoms with van der Waals surface area (Å²) in [4.78, 5) is 12.1. The number of nitrogens with zero attached hydrogens (tertiary/aromatic N) is 3. The van der Waals surface area contributed by atoms with Gasteiger partial charge in [0.1, 0.15) is 0 Å². The van der Waals surface area contributed by atoms with Crippen LogP contribution in [0.2, 0.25) is 10.0 Å². The summed E-state index contributed by atoms with van der Waals surface area (Å²) < 4.78 is 1.74. The first-order valence-corrected chi connectivity index (χ1v) is 8.25. The van der Waals surface area contributed by atoms with E-state index in [4.69, 9.17) is 28.9 Å². The summed E-state index contributed by atoms with van der Waals surface area (Å²) >= 11 is 13.2. The molecule has 6 nitrogen and oxygen atoms in total. The number of rotatable bonds is 4. The van der Waals surface area contributed by atoms with E-state index in [1.54, 1.807) is 40.9 Å². The van der Waals surface area contributed by atoms with Crippen LogP contribution >= 0.6 is 35.0 Å². The van der Waals surface area contributed by atoms with Gasteiger partial charge in [-0.3, -0.25) is 9.20 Å². The number of thioether (sulfide) groups is 1. The van der Waals surface area contributed by atoms with Gasteiger partial charge in [0.2, 0.25) is 5.91 Å². The number of fused-ring (bicyclic) bond motifs is 1. The van der Waals surface area contributed by atoms with E-state index in [9.17, 15) is 4.79 Å². The molecule has 118 valence electrons. The normalized spacial score (nSPS) is 10.9. The summed E-state index contributed by atoms with van der Waals surface area (Å²) in [5.41, 5.74) is 7.48. The molecule has 1 aromatic carbocycles. The van der Waals surface area contributed by atoms with Crippen molar-refractivity contribution >= 4 is 57.9 Å². The molecule has 0 aliphatic carbocycles. The van der Waals surface area contributed by atoms with E-state index < -0.39 is 0 Å². The number of nitrogens with two attached hydrogens (primary N) is 1. The van der Waals surface area contributed by atoms with E-state index >= 15 is 0 Å². The standard InChI is InChI=1S/C14H11Cl2N5OS/c15-9-2-1-3-10(13(9)16)18-12(22)7-23-14-20-19-11-5-4-8(17)6-21(11)14/h1-6H,7,17H2,(H,18,22). The van der Waals surface area contributed by atoms with Crippen LogP contribution in [0, 0.1) is 0 Å². The summed E-state index contributed by atoms with van der Waals surface area (Å²) in [6.07, 6.45) is 1.71. The predicted octanol–water partition coefficient (Wildman–Crippen LogP) is 3.35. The van der Waals surface area contributed by atoms with E-state index in [-0.39, 0.29) is 11.7 Å².